The lowest BCUT2D eigenvalue weighted by Crippen LogP contribution is -2.46. The van der Waals surface area contributed by atoms with Crippen molar-refractivity contribution < 1.29 is 0 Å². The largest absolute Gasteiger partial charge is 0.337 e. The fraction of sp³-hybridized carbons (Fsp3) is 0.375. The second-order valence-electron chi connectivity index (χ2n) is 5.80. The minimum atomic E-state index is 0.261. The Bertz CT molecular complexity index is 798. The van der Waals surface area contributed by atoms with Gasteiger partial charge < -0.3 is 9.88 Å². The molecule has 7 nitrogen and oxygen atoms in total. The van der Waals surface area contributed by atoms with Crippen molar-refractivity contribution in [2.24, 2.45) is 7.05 Å². The molecule has 0 saturated carbocycles. The van der Waals surface area contributed by atoms with Crippen molar-refractivity contribution in [3.8, 4) is 10.8 Å². The van der Waals surface area contributed by atoms with E-state index in [0.29, 0.717) is 5.82 Å². The van der Waals surface area contributed by atoms with E-state index in [9.17, 15) is 0 Å². The van der Waals surface area contributed by atoms with Crippen LogP contribution < -0.4 is 5.32 Å². The van der Waals surface area contributed by atoms with Crippen molar-refractivity contribution >= 4 is 11.3 Å². The maximum absolute atomic E-state index is 4.72. The summed E-state index contributed by atoms with van der Waals surface area (Å²) in [5.74, 6) is 1.78. The molecule has 1 aliphatic rings. The molecule has 3 aromatic rings. The van der Waals surface area contributed by atoms with Crippen LogP contribution in [0.3, 0.4) is 0 Å². The zero-order valence-electron chi connectivity index (χ0n) is 13.5. The number of hydrogen-bond donors (Lipinski definition) is 1. The van der Waals surface area contributed by atoms with E-state index in [1.165, 1.54) is 0 Å². The predicted octanol–water partition coefficient (Wildman–Crippen LogP) is 1.48. The Labute approximate surface area is 144 Å². The van der Waals surface area contributed by atoms with Crippen LogP contribution in [0.2, 0.25) is 0 Å². The van der Waals surface area contributed by atoms with E-state index in [1.54, 1.807) is 23.7 Å². The summed E-state index contributed by atoms with van der Waals surface area (Å²) in [4.78, 5) is 20.2. The van der Waals surface area contributed by atoms with E-state index in [0.717, 1.165) is 42.7 Å². The molecule has 0 spiro atoms. The molecule has 8 heteroatoms. The normalized spacial score (nSPS) is 18.8. The van der Waals surface area contributed by atoms with Crippen LogP contribution in [0, 0.1) is 0 Å². The summed E-state index contributed by atoms with van der Waals surface area (Å²) < 4.78 is 2.09. The topological polar surface area (TPSA) is 71.8 Å². The van der Waals surface area contributed by atoms with Crippen molar-refractivity contribution in [3.63, 3.8) is 0 Å². The molecule has 0 radical (unpaired) electrons. The van der Waals surface area contributed by atoms with Crippen LogP contribution in [0.25, 0.3) is 10.8 Å². The number of rotatable bonds is 4. The Morgan fingerprint density at radius 1 is 1.25 bits per heavy atom. The molecule has 1 fully saturated rings. The second-order valence-corrected chi connectivity index (χ2v) is 6.66. The number of nitrogens with one attached hydrogen (secondary N) is 1. The standard InChI is InChI=1S/C16H19N7S/c1-22-7-6-20-15(22)13-9-17-5-8-23(13)10-12-11-24-16(21-12)14-18-3-2-4-19-14/h2-4,6-7,11,13,17H,5,8-10H2,1H3. The van der Waals surface area contributed by atoms with E-state index in [-0.39, 0.29) is 6.04 Å². The summed E-state index contributed by atoms with van der Waals surface area (Å²) in [6.45, 7) is 3.68. The number of thiazole rings is 1. The molecule has 1 unspecified atom stereocenters. The Morgan fingerprint density at radius 2 is 2.12 bits per heavy atom. The molecule has 0 amide bonds. The third-order valence-corrected chi connectivity index (χ3v) is 5.07. The van der Waals surface area contributed by atoms with Gasteiger partial charge in [-0.05, 0) is 6.07 Å². The highest BCUT2D eigenvalue weighted by atomic mass is 32.1. The van der Waals surface area contributed by atoms with Gasteiger partial charge in [-0.3, -0.25) is 4.90 Å². The van der Waals surface area contributed by atoms with E-state index >= 15 is 0 Å². The first-order chi connectivity index (χ1) is 11.8. The van der Waals surface area contributed by atoms with Gasteiger partial charge in [0, 0.05) is 63.4 Å². The van der Waals surface area contributed by atoms with Gasteiger partial charge in [0.25, 0.3) is 0 Å². The van der Waals surface area contributed by atoms with Crippen LogP contribution in [0.4, 0.5) is 0 Å². The van der Waals surface area contributed by atoms with Gasteiger partial charge in [0.15, 0.2) is 10.8 Å². The van der Waals surface area contributed by atoms with Crippen LogP contribution in [0.5, 0.6) is 0 Å². The van der Waals surface area contributed by atoms with E-state index in [2.05, 4.69) is 35.1 Å². The summed E-state index contributed by atoms with van der Waals surface area (Å²) in [5.41, 5.74) is 1.06. The van der Waals surface area contributed by atoms with Gasteiger partial charge in [-0.2, -0.15) is 0 Å². The lowest BCUT2D eigenvalue weighted by Gasteiger charge is -2.35. The van der Waals surface area contributed by atoms with Gasteiger partial charge in [-0.1, -0.05) is 0 Å². The summed E-state index contributed by atoms with van der Waals surface area (Å²) in [5, 5.41) is 6.43. The lowest BCUT2D eigenvalue weighted by molar-refractivity contribution is 0.143. The summed E-state index contributed by atoms with van der Waals surface area (Å²) >= 11 is 1.59. The van der Waals surface area contributed by atoms with Crippen molar-refractivity contribution in [2.75, 3.05) is 19.6 Å². The van der Waals surface area contributed by atoms with E-state index in [1.807, 2.05) is 25.5 Å². The Hall–Kier alpha value is -2.16. The highest BCUT2D eigenvalue weighted by Crippen LogP contribution is 2.25. The number of aryl methyl sites for hydroxylation is 1. The lowest BCUT2D eigenvalue weighted by atomic mass is 10.1. The van der Waals surface area contributed by atoms with E-state index < -0.39 is 0 Å². The molecule has 1 N–H and O–H groups in total. The highest BCUT2D eigenvalue weighted by molar-refractivity contribution is 7.13. The number of nitrogens with zero attached hydrogens (tertiary/aromatic N) is 6. The average Bonchev–Trinajstić information content (AvgIpc) is 3.25. The van der Waals surface area contributed by atoms with Gasteiger partial charge in [0.1, 0.15) is 5.82 Å². The quantitative estimate of drug-likeness (QED) is 0.775. The first-order valence-corrected chi connectivity index (χ1v) is 8.83. The zero-order chi connectivity index (χ0) is 16.4. The Balaban J connectivity index is 1.53. The molecule has 4 heterocycles. The summed E-state index contributed by atoms with van der Waals surface area (Å²) in [6, 6.07) is 2.08. The highest BCUT2D eigenvalue weighted by Gasteiger charge is 2.27. The maximum atomic E-state index is 4.72. The first kappa shape index (κ1) is 15.4. The van der Waals surface area contributed by atoms with Crippen LogP contribution in [-0.2, 0) is 13.6 Å². The first-order valence-electron chi connectivity index (χ1n) is 7.95. The Morgan fingerprint density at radius 3 is 2.92 bits per heavy atom. The maximum Gasteiger partial charge on any atom is 0.188 e. The van der Waals surface area contributed by atoms with Gasteiger partial charge in [0.2, 0.25) is 0 Å². The molecule has 1 saturated heterocycles. The molecular formula is C16H19N7S. The molecule has 0 bridgehead atoms. The SMILES string of the molecule is Cn1ccnc1C1CNCCN1Cc1csc(-c2ncccn2)n1. The second kappa shape index (κ2) is 6.76. The van der Waals surface area contributed by atoms with Crippen molar-refractivity contribution in [3.05, 3.63) is 47.8 Å². The Kier molecular flexibility index (Phi) is 4.33. The molecule has 3 aromatic heterocycles. The fourth-order valence-corrected chi connectivity index (χ4v) is 3.74. The summed E-state index contributed by atoms with van der Waals surface area (Å²) in [7, 11) is 2.04. The molecule has 24 heavy (non-hydrogen) atoms. The number of piperazine rings is 1. The number of imidazole rings is 1. The number of hydrogen-bond acceptors (Lipinski definition) is 7. The monoisotopic (exact) mass is 341 g/mol. The average molecular weight is 341 g/mol. The van der Waals surface area contributed by atoms with Crippen LogP contribution in [0.15, 0.2) is 36.2 Å². The molecule has 1 aliphatic heterocycles. The van der Waals surface area contributed by atoms with Crippen LogP contribution in [0.1, 0.15) is 17.6 Å². The van der Waals surface area contributed by atoms with Crippen LogP contribution >= 0.6 is 11.3 Å². The molecule has 124 valence electrons. The molecule has 0 aliphatic carbocycles. The van der Waals surface area contributed by atoms with Gasteiger partial charge in [0.05, 0.1) is 11.7 Å². The van der Waals surface area contributed by atoms with Gasteiger partial charge in [-0.25, -0.2) is 19.9 Å². The predicted molar refractivity (Wildman–Crippen MR) is 92.4 cm³/mol. The summed E-state index contributed by atoms with van der Waals surface area (Å²) in [6.07, 6.45) is 7.35. The minimum absolute atomic E-state index is 0.261. The number of aromatic nitrogens is 5. The molecule has 4 rings (SSSR count). The minimum Gasteiger partial charge on any atom is -0.337 e. The third kappa shape index (κ3) is 3.08. The third-order valence-electron chi connectivity index (χ3n) is 4.18. The van der Waals surface area contributed by atoms with Crippen molar-refractivity contribution in [1.29, 1.82) is 0 Å². The van der Waals surface area contributed by atoms with Crippen LogP contribution in [-0.4, -0.2) is 49.0 Å². The molecule has 1 atom stereocenters. The molecule has 0 aromatic carbocycles. The van der Waals surface area contributed by atoms with Crippen molar-refractivity contribution in [1.82, 2.24) is 34.7 Å². The van der Waals surface area contributed by atoms with Gasteiger partial charge >= 0.3 is 0 Å². The van der Waals surface area contributed by atoms with Crippen molar-refractivity contribution in [2.45, 2.75) is 12.6 Å². The zero-order valence-corrected chi connectivity index (χ0v) is 14.3. The molecular weight excluding hydrogens is 322 g/mol. The fourth-order valence-electron chi connectivity index (χ4n) is 2.99. The smallest absolute Gasteiger partial charge is 0.188 e. The van der Waals surface area contributed by atoms with E-state index in [4.69, 9.17) is 4.98 Å². The van der Waals surface area contributed by atoms with Gasteiger partial charge in [-0.15, -0.1) is 11.3 Å².